The average molecular weight is 371 g/mol. The summed E-state index contributed by atoms with van der Waals surface area (Å²) in [7, 11) is 1.99. The summed E-state index contributed by atoms with van der Waals surface area (Å²) in [6, 6.07) is 9.93. The molecule has 0 aromatic heterocycles. The number of benzene rings is 1. The van der Waals surface area contributed by atoms with Gasteiger partial charge in [0.2, 0.25) is 11.8 Å². The Balaban J connectivity index is 1.64. The van der Waals surface area contributed by atoms with Gasteiger partial charge in [-0.3, -0.25) is 9.59 Å². The largest absolute Gasteiger partial charge is 0.406 e. The lowest BCUT2D eigenvalue weighted by Gasteiger charge is -2.19. The Morgan fingerprint density at radius 3 is 2.62 bits per heavy atom. The molecule has 1 unspecified atom stereocenters. The highest BCUT2D eigenvalue weighted by Gasteiger charge is 2.40. The van der Waals surface area contributed by atoms with Crippen LogP contribution in [0.15, 0.2) is 30.3 Å². The SMILES string of the molecule is CN(CCCCNC(=O)C1CC(=O)N(CC(F)(F)F)C1)c1ccccc1. The number of anilines is 1. The Labute approximate surface area is 151 Å². The second-order valence-corrected chi connectivity index (χ2v) is 6.55. The van der Waals surface area contributed by atoms with Crippen molar-refractivity contribution in [2.45, 2.75) is 25.4 Å². The predicted molar refractivity (Wildman–Crippen MR) is 92.7 cm³/mol. The van der Waals surface area contributed by atoms with E-state index in [2.05, 4.69) is 10.2 Å². The molecule has 1 aromatic rings. The quantitative estimate of drug-likeness (QED) is 0.714. The lowest BCUT2D eigenvalue weighted by atomic mass is 10.1. The van der Waals surface area contributed by atoms with Gasteiger partial charge < -0.3 is 15.1 Å². The monoisotopic (exact) mass is 371 g/mol. The highest BCUT2D eigenvalue weighted by Crippen LogP contribution is 2.23. The number of rotatable bonds is 8. The number of carbonyl (C=O) groups excluding carboxylic acids is 2. The van der Waals surface area contributed by atoms with Gasteiger partial charge >= 0.3 is 6.18 Å². The van der Waals surface area contributed by atoms with E-state index in [0.29, 0.717) is 11.4 Å². The fourth-order valence-electron chi connectivity index (χ4n) is 2.96. The summed E-state index contributed by atoms with van der Waals surface area (Å²) >= 11 is 0. The molecule has 1 aliphatic rings. The summed E-state index contributed by atoms with van der Waals surface area (Å²) in [5.41, 5.74) is 1.12. The summed E-state index contributed by atoms with van der Waals surface area (Å²) in [6.45, 7) is -0.172. The number of likely N-dealkylation sites (tertiary alicyclic amines) is 1. The highest BCUT2D eigenvalue weighted by molar-refractivity contribution is 5.89. The minimum atomic E-state index is -4.44. The molecule has 1 N–H and O–H groups in total. The number of halogens is 3. The second kappa shape index (κ2) is 8.91. The van der Waals surface area contributed by atoms with Crippen molar-refractivity contribution in [3.8, 4) is 0 Å². The van der Waals surface area contributed by atoms with Crippen LogP contribution >= 0.6 is 0 Å². The van der Waals surface area contributed by atoms with Crippen LogP contribution in [-0.2, 0) is 9.59 Å². The maximum absolute atomic E-state index is 12.4. The Morgan fingerprint density at radius 1 is 1.27 bits per heavy atom. The van der Waals surface area contributed by atoms with E-state index in [-0.39, 0.29) is 18.9 Å². The number of unbranched alkanes of at least 4 members (excludes halogenated alkanes) is 1. The lowest BCUT2D eigenvalue weighted by Crippen LogP contribution is -2.37. The molecule has 1 atom stereocenters. The summed E-state index contributed by atoms with van der Waals surface area (Å²) in [5, 5.41) is 2.72. The van der Waals surface area contributed by atoms with E-state index in [0.717, 1.165) is 25.1 Å². The van der Waals surface area contributed by atoms with Gasteiger partial charge in [0.15, 0.2) is 0 Å². The predicted octanol–water partition coefficient (Wildman–Crippen LogP) is 2.43. The molecule has 1 aromatic carbocycles. The van der Waals surface area contributed by atoms with Gasteiger partial charge in [0.25, 0.3) is 0 Å². The van der Waals surface area contributed by atoms with E-state index in [1.807, 2.05) is 37.4 Å². The first-order chi connectivity index (χ1) is 12.3. The summed E-state index contributed by atoms with van der Waals surface area (Å²) < 4.78 is 37.2. The van der Waals surface area contributed by atoms with Crippen LogP contribution in [0, 0.1) is 5.92 Å². The summed E-state index contributed by atoms with van der Waals surface area (Å²) in [4.78, 5) is 26.5. The standard InChI is InChI=1S/C18H24F3N3O2/c1-23(15-7-3-2-4-8-15)10-6-5-9-22-17(26)14-11-16(25)24(12-14)13-18(19,20)21/h2-4,7-8,14H,5-6,9-13H2,1H3,(H,22,26). The van der Waals surface area contributed by atoms with E-state index in [9.17, 15) is 22.8 Å². The number of para-hydroxylation sites is 1. The molecule has 2 amide bonds. The minimum Gasteiger partial charge on any atom is -0.375 e. The fourth-order valence-corrected chi connectivity index (χ4v) is 2.96. The molecule has 2 rings (SSSR count). The Morgan fingerprint density at radius 2 is 1.96 bits per heavy atom. The second-order valence-electron chi connectivity index (χ2n) is 6.55. The third-order valence-corrected chi connectivity index (χ3v) is 4.37. The number of carbonyl (C=O) groups is 2. The van der Waals surface area contributed by atoms with Crippen molar-refractivity contribution < 1.29 is 22.8 Å². The molecule has 1 fully saturated rings. The van der Waals surface area contributed by atoms with E-state index in [1.54, 1.807) is 0 Å². The molecule has 26 heavy (non-hydrogen) atoms. The summed E-state index contributed by atoms with van der Waals surface area (Å²) in [5.74, 6) is -1.66. The zero-order valence-electron chi connectivity index (χ0n) is 14.8. The number of amides is 2. The first-order valence-electron chi connectivity index (χ1n) is 8.64. The van der Waals surface area contributed by atoms with Crippen molar-refractivity contribution in [1.29, 1.82) is 0 Å². The van der Waals surface area contributed by atoms with Crippen molar-refractivity contribution in [2.24, 2.45) is 5.92 Å². The minimum absolute atomic E-state index is 0.154. The van der Waals surface area contributed by atoms with Gasteiger partial charge in [0.1, 0.15) is 6.54 Å². The van der Waals surface area contributed by atoms with Gasteiger partial charge in [-0.1, -0.05) is 18.2 Å². The number of hydrogen-bond donors (Lipinski definition) is 1. The number of hydrogen-bond acceptors (Lipinski definition) is 3. The van der Waals surface area contributed by atoms with E-state index < -0.39 is 24.5 Å². The Kier molecular flexibility index (Phi) is 6.88. The van der Waals surface area contributed by atoms with Crippen molar-refractivity contribution >= 4 is 17.5 Å². The topological polar surface area (TPSA) is 52.7 Å². The van der Waals surface area contributed by atoms with Crippen LogP contribution in [0.5, 0.6) is 0 Å². The van der Waals surface area contributed by atoms with Crippen LogP contribution in [0.25, 0.3) is 0 Å². The molecule has 1 heterocycles. The van der Waals surface area contributed by atoms with Crippen molar-refractivity contribution in [3.05, 3.63) is 30.3 Å². The van der Waals surface area contributed by atoms with Crippen LogP contribution in [0.3, 0.4) is 0 Å². The van der Waals surface area contributed by atoms with Crippen molar-refractivity contribution in [1.82, 2.24) is 10.2 Å². The van der Waals surface area contributed by atoms with Gasteiger partial charge in [-0.05, 0) is 25.0 Å². The zero-order valence-corrected chi connectivity index (χ0v) is 14.8. The van der Waals surface area contributed by atoms with E-state index in [4.69, 9.17) is 0 Å². The van der Waals surface area contributed by atoms with Gasteiger partial charge in [0, 0.05) is 38.8 Å². The molecule has 1 saturated heterocycles. The van der Waals surface area contributed by atoms with Crippen LogP contribution in [0.2, 0.25) is 0 Å². The molecule has 0 saturated carbocycles. The molecule has 0 bridgehead atoms. The third kappa shape index (κ3) is 6.24. The highest BCUT2D eigenvalue weighted by atomic mass is 19.4. The van der Waals surface area contributed by atoms with Gasteiger partial charge in [-0.2, -0.15) is 13.2 Å². The normalized spacial score (nSPS) is 17.5. The van der Waals surface area contributed by atoms with Crippen molar-refractivity contribution in [2.75, 3.05) is 38.1 Å². The number of nitrogens with one attached hydrogen (secondary N) is 1. The number of alkyl halides is 3. The fraction of sp³-hybridized carbons (Fsp3) is 0.556. The first kappa shape index (κ1) is 20.1. The van der Waals surface area contributed by atoms with Gasteiger partial charge in [-0.25, -0.2) is 0 Å². The molecule has 0 radical (unpaired) electrons. The van der Waals surface area contributed by atoms with Crippen LogP contribution < -0.4 is 10.2 Å². The van der Waals surface area contributed by atoms with Crippen LogP contribution in [-0.4, -0.2) is 56.1 Å². The Bertz CT molecular complexity index is 607. The smallest absolute Gasteiger partial charge is 0.375 e. The molecular formula is C18H24F3N3O2. The molecule has 144 valence electrons. The van der Waals surface area contributed by atoms with E-state index >= 15 is 0 Å². The molecule has 8 heteroatoms. The Hall–Kier alpha value is -2.25. The van der Waals surface area contributed by atoms with Crippen LogP contribution in [0.4, 0.5) is 18.9 Å². The molecule has 1 aliphatic heterocycles. The average Bonchev–Trinajstić information content (AvgIpc) is 2.94. The lowest BCUT2D eigenvalue weighted by molar-refractivity contribution is -0.157. The first-order valence-corrected chi connectivity index (χ1v) is 8.64. The van der Waals surface area contributed by atoms with Crippen LogP contribution in [0.1, 0.15) is 19.3 Å². The third-order valence-electron chi connectivity index (χ3n) is 4.37. The molecular weight excluding hydrogens is 347 g/mol. The molecule has 0 aliphatic carbocycles. The van der Waals surface area contributed by atoms with E-state index in [1.165, 1.54) is 0 Å². The maximum Gasteiger partial charge on any atom is 0.406 e. The molecule has 5 nitrogen and oxygen atoms in total. The van der Waals surface area contributed by atoms with Gasteiger partial charge in [-0.15, -0.1) is 0 Å². The zero-order chi connectivity index (χ0) is 19.2. The summed E-state index contributed by atoms with van der Waals surface area (Å²) in [6.07, 6.45) is -2.96. The van der Waals surface area contributed by atoms with Gasteiger partial charge in [0.05, 0.1) is 5.92 Å². The molecule has 0 spiro atoms. The van der Waals surface area contributed by atoms with Crippen molar-refractivity contribution in [3.63, 3.8) is 0 Å². The maximum atomic E-state index is 12.4. The number of nitrogens with zero attached hydrogens (tertiary/aromatic N) is 2.